The molecule has 3 rings (SSSR count). The number of nitrogens with zero attached hydrogens (tertiary/aromatic N) is 3. The van der Waals surface area contributed by atoms with Crippen molar-refractivity contribution in [1.82, 2.24) is 14.1 Å². The summed E-state index contributed by atoms with van der Waals surface area (Å²) >= 11 is 7.79. The molecule has 0 aliphatic carbocycles. The number of ketones is 1. The Morgan fingerprint density at radius 1 is 1.33 bits per heavy atom. The van der Waals surface area contributed by atoms with Crippen LogP contribution in [0.2, 0.25) is 0 Å². The molecule has 0 radical (unpaired) electrons. The Kier molecular flexibility index (Phi) is 4.98. The van der Waals surface area contributed by atoms with Crippen molar-refractivity contribution < 1.29 is 4.79 Å². The summed E-state index contributed by atoms with van der Waals surface area (Å²) in [5.74, 6) is 0.243. The molecule has 3 aromatic rings. The number of thiazole rings is 1. The molecule has 2 heterocycles. The van der Waals surface area contributed by atoms with Crippen LogP contribution in [0.1, 0.15) is 17.3 Å². The van der Waals surface area contributed by atoms with Crippen molar-refractivity contribution in [2.24, 2.45) is 7.05 Å². The number of carbonyl (C=O) groups is 1. The minimum absolute atomic E-state index is 0.0104. The predicted molar refractivity (Wildman–Crippen MR) is 101 cm³/mol. The van der Waals surface area contributed by atoms with E-state index < -0.39 is 0 Å². The molecule has 124 valence electrons. The van der Waals surface area contributed by atoms with Crippen LogP contribution in [0.3, 0.4) is 0 Å². The highest BCUT2D eigenvalue weighted by Gasteiger charge is 2.16. The van der Waals surface area contributed by atoms with Crippen molar-refractivity contribution in [3.8, 4) is 0 Å². The van der Waals surface area contributed by atoms with Gasteiger partial charge in [0, 0.05) is 19.2 Å². The Labute approximate surface area is 152 Å². The van der Waals surface area contributed by atoms with Crippen LogP contribution < -0.4 is 5.56 Å². The van der Waals surface area contributed by atoms with Gasteiger partial charge in [0.05, 0.1) is 5.75 Å². The quantitative estimate of drug-likeness (QED) is 0.295. The zero-order valence-electron chi connectivity index (χ0n) is 13.2. The first-order valence-corrected chi connectivity index (χ1v) is 9.55. The monoisotopic (exact) mass is 377 g/mol. The van der Waals surface area contributed by atoms with E-state index in [0.717, 1.165) is 0 Å². The highest BCUT2D eigenvalue weighted by Crippen LogP contribution is 2.22. The zero-order chi connectivity index (χ0) is 17.3. The third-order valence-corrected chi connectivity index (χ3v) is 6.11. The number of benzene rings is 1. The molecule has 0 aliphatic heterocycles. The molecule has 0 amide bonds. The summed E-state index contributed by atoms with van der Waals surface area (Å²) in [6.45, 7) is 2.39. The third kappa shape index (κ3) is 3.09. The van der Waals surface area contributed by atoms with E-state index in [2.05, 4.69) is 4.98 Å². The molecule has 1 aromatic carbocycles. The van der Waals surface area contributed by atoms with E-state index in [4.69, 9.17) is 12.2 Å². The zero-order valence-corrected chi connectivity index (χ0v) is 15.6. The van der Waals surface area contributed by atoms with Gasteiger partial charge in [-0.2, -0.15) is 0 Å². The van der Waals surface area contributed by atoms with Crippen molar-refractivity contribution in [3.63, 3.8) is 0 Å². The van der Waals surface area contributed by atoms with Gasteiger partial charge in [0.15, 0.2) is 20.5 Å². The maximum absolute atomic E-state index is 12.6. The van der Waals surface area contributed by atoms with E-state index in [1.165, 1.54) is 23.1 Å². The third-order valence-electron chi connectivity index (χ3n) is 3.60. The lowest BCUT2D eigenvalue weighted by molar-refractivity contribution is 0.102. The molecule has 0 bridgehead atoms. The molecule has 8 heteroatoms. The normalized spacial score (nSPS) is 11.1. The minimum Gasteiger partial charge on any atom is -0.311 e. The van der Waals surface area contributed by atoms with Crippen LogP contribution in [0.4, 0.5) is 0 Å². The van der Waals surface area contributed by atoms with E-state index in [1.807, 2.05) is 25.1 Å². The van der Waals surface area contributed by atoms with Crippen LogP contribution in [0.5, 0.6) is 0 Å². The van der Waals surface area contributed by atoms with Gasteiger partial charge < -0.3 is 4.57 Å². The fourth-order valence-electron chi connectivity index (χ4n) is 2.29. The molecular formula is C16H15N3O2S3. The first-order chi connectivity index (χ1) is 11.5. The van der Waals surface area contributed by atoms with Gasteiger partial charge in [-0.05, 0) is 19.1 Å². The lowest BCUT2D eigenvalue weighted by Gasteiger charge is -2.09. The highest BCUT2D eigenvalue weighted by molar-refractivity contribution is 7.99. The van der Waals surface area contributed by atoms with Gasteiger partial charge in [-0.3, -0.25) is 14.2 Å². The van der Waals surface area contributed by atoms with Gasteiger partial charge in [0.25, 0.3) is 5.56 Å². The van der Waals surface area contributed by atoms with E-state index in [9.17, 15) is 9.59 Å². The fraction of sp³-hybridized carbons (Fsp3) is 0.250. The van der Waals surface area contributed by atoms with Crippen LogP contribution in [0.25, 0.3) is 10.3 Å². The summed E-state index contributed by atoms with van der Waals surface area (Å²) < 4.78 is 4.50. The van der Waals surface area contributed by atoms with Gasteiger partial charge in [0.2, 0.25) is 0 Å². The number of Topliss-reactive ketones (excluding diaryl/α,β-unsaturated/α-hetero) is 1. The molecule has 0 N–H and O–H groups in total. The Morgan fingerprint density at radius 2 is 2.04 bits per heavy atom. The van der Waals surface area contributed by atoms with E-state index >= 15 is 0 Å². The number of thioether (sulfide) groups is 1. The summed E-state index contributed by atoms with van der Waals surface area (Å²) in [5.41, 5.74) is 1.13. The number of hydrogen-bond donors (Lipinski definition) is 0. The molecule has 5 nitrogen and oxygen atoms in total. The highest BCUT2D eigenvalue weighted by atomic mass is 32.2. The van der Waals surface area contributed by atoms with Crippen LogP contribution in [0, 0.1) is 3.95 Å². The van der Waals surface area contributed by atoms with Crippen LogP contribution in [-0.2, 0) is 13.6 Å². The van der Waals surface area contributed by atoms with Crippen molar-refractivity contribution in [1.29, 1.82) is 0 Å². The summed E-state index contributed by atoms with van der Waals surface area (Å²) in [6.07, 6.45) is 0. The molecule has 0 atom stereocenters. The average molecular weight is 378 g/mol. The summed E-state index contributed by atoms with van der Waals surface area (Å²) in [5, 5.41) is 0.544. The smallest absolute Gasteiger partial charge is 0.273 e. The van der Waals surface area contributed by atoms with Gasteiger partial charge in [-0.25, -0.2) is 4.98 Å². The Bertz CT molecular complexity index is 1020. The van der Waals surface area contributed by atoms with Crippen LogP contribution in [0.15, 0.2) is 40.3 Å². The second-order valence-electron chi connectivity index (χ2n) is 5.10. The fourth-order valence-corrected chi connectivity index (χ4v) is 4.44. The van der Waals surface area contributed by atoms with Crippen molar-refractivity contribution >= 4 is 51.4 Å². The standard InChI is InChI=1S/C16H15N3O2S3/c1-3-19-14(21)12-13(18(2)16(22)24-12)17-15(19)23-9-11(20)10-7-5-4-6-8-10/h4-8H,3,9H2,1-2H3. The van der Waals surface area contributed by atoms with E-state index in [0.29, 0.717) is 31.6 Å². The van der Waals surface area contributed by atoms with Gasteiger partial charge in [0.1, 0.15) is 4.70 Å². The Morgan fingerprint density at radius 3 is 2.71 bits per heavy atom. The summed E-state index contributed by atoms with van der Waals surface area (Å²) in [7, 11) is 1.80. The lowest BCUT2D eigenvalue weighted by Crippen LogP contribution is -2.22. The molecule has 0 aliphatic rings. The molecule has 0 spiro atoms. The largest absolute Gasteiger partial charge is 0.311 e. The maximum atomic E-state index is 12.6. The number of aromatic nitrogens is 3. The molecular weight excluding hydrogens is 362 g/mol. The van der Waals surface area contributed by atoms with E-state index in [-0.39, 0.29) is 17.1 Å². The molecule has 2 aromatic heterocycles. The van der Waals surface area contributed by atoms with E-state index in [1.54, 1.807) is 28.3 Å². The maximum Gasteiger partial charge on any atom is 0.273 e. The van der Waals surface area contributed by atoms with Gasteiger partial charge in [-0.15, -0.1) is 0 Å². The van der Waals surface area contributed by atoms with Gasteiger partial charge in [-0.1, -0.05) is 53.4 Å². The molecule has 0 unspecified atom stereocenters. The molecule has 24 heavy (non-hydrogen) atoms. The first kappa shape index (κ1) is 17.1. The van der Waals surface area contributed by atoms with Gasteiger partial charge >= 0.3 is 0 Å². The number of fused-ring (bicyclic) bond motifs is 1. The average Bonchev–Trinajstić information content (AvgIpc) is 2.89. The summed E-state index contributed by atoms with van der Waals surface area (Å²) in [6, 6.07) is 9.11. The van der Waals surface area contributed by atoms with Crippen LogP contribution >= 0.6 is 35.3 Å². The number of carbonyl (C=O) groups excluding carboxylic acids is 1. The Balaban J connectivity index is 1.97. The number of hydrogen-bond acceptors (Lipinski definition) is 6. The SMILES string of the molecule is CCn1c(SCC(=O)c2ccccc2)nc2c(sc(=S)n2C)c1=O. The van der Waals surface area contributed by atoms with Crippen molar-refractivity contribution in [3.05, 3.63) is 50.2 Å². The number of aryl methyl sites for hydroxylation is 1. The van der Waals surface area contributed by atoms with Crippen molar-refractivity contribution in [2.45, 2.75) is 18.6 Å². The minimum atomic E-state index is -0.103. The van der Waals surface area contributed by atoms with Crippen molar-refractivity contribution in [2.75, 3.05) is 5.75 Å². The molecule has 0 saturated heterocycles. The Hall–Kier alpha value is -1.77. The molecule has 0 fully saturated rings. The summed E-state index contributed by atoms with van der Waals surface area (Å²) in [4.78, 5) is 29.5. The second kappa shape index (κ2) is 7.00. The van der Waals surface area contributed by atoms with Crippen LogP contribution in [-0.4, -0.2) is 25.7 Å². The number of rotatable bonds is 5. The lowest BCUT2D eigenvalue weighted by atomic mass is 10.2. The molecule has 0 saturated carbocycles. The predicted octanol–water partition coefficient (Wildman–Crippen LogP) is 3.52. The second-order valence-corrected chi connectivity index (χ2v) is 7.69. The topological polar surface area (TPSA) is 56.9 Å². The first-order valence-electron chi connectivity index (χ1n) is 7.34.